The Morgan fingerprint density at radius 2 is 1.39 bits per heavy atom. The predicted molar refractivity (Wildman–Crippen MR) is 186 cm³/mol. The molecule has 9 rings (SSSR count). The molecule has 2 heterocycles. The van der Waals surface area contributed by atoms with Crippen LogP contribution in [0.15, 0.2) is 144 Å². The summed E-state index contributed by atoms with van der Waals surface area (Å²) in [5.74, 6) is 0.590. The van der Waals surface area contributed by atoms with E-state index in [1.54, 1.807) is 0 Å². The Morgan fingerprint density at radius 3 is 2.22 bits per heavy atom. The molecule has 1 aliphatic heterocycles. The monoisotopic (exact) mass is 616 g/mol. The van der Waals surface area contributed by atoms with E-state index in [2.05, 4.69) is 108 Å². The largest absolute Gasteiger partial charge is 0.436 e. The number of benzene rings is 6. The lowest BCUT2D eigenvalue weighted by Crippen LogP contribution is -2.25. The highest BCUT2D eigenvalue weighted by molar-refractivity contribution is 6.34. The lowest BCUT2D eigenvalue weighted by atomic mass is 9.77. The first-order valence-corrected chi connectivity index (χ1v) is 16.0. The van der Waals surface area contributed by atoms with Crippen molar-refractivity contribution in [2.45, 2.75) is 11.8 Å². The second kappa shape index (κ2) is 10.7. The molecule has 0 amide bonds. The van der Waals surface area contributed by atoms with Gasteiger partial charge in [-0.1, -0.05) is 96.5 Å². The summed E-state index contributed by atoms with van der Waals surface area (Å²) in [7, 11) is 0. The van der Waals surface area contributed by atoms with Crippen molar-refractivity contribution in [1.82, 2.24) is 4.98 Å². The number of para-hydroxylation sites is 2. The molecular formula is C41H29ClN2O2. The maximum absolute atomic E-state index is 7.27. The third-order valence-electron chi connectivity index (χ3n) is 9.46. The van der Waals surface area contributed by atoms with Gasteiger partial charge >= 0.3 is 0 Å². The van der Waals surface area contributed by atoms with Gasteiger partial charge in [0.25, 0.3) is 0 Å². The number of aromatic nitrogens is 1. The molecule has 0 N–H and O–H groups in total. The van der Waals surface area contributed by atoms with Crippen molar-refractivity contribution >= 4 is 39.8 Å². The molecule has 7 aromatic rings. The van der Waals surface area contributed by atoms with Crippen LogP contribution in [0.1, 0.15) is 17.5 Å². The molecule has 1 fully saturated rings. The molecule has 1 atom stereocenters. The van der Waals surface area contributed by atoms with Crippen molar-refractivity contribution in [1.29, 1.82) is 0 Å². The lowest BCUT2D eigenvalue weighted by Gasteiger charge is -2.29. The first kappa shape index (κ1) is 27.2. The number of ether oxygens (including phenoxy) is 1. The number of hydrogen-bond donors (Lipinski definition) is 0. The lowest BCUT2D eigenvalue weighted by molar-refractivity contribution is 0.185. The second-order valence-electron chi connectivity index (χ2n) is 12.1. The molecule has 222 valence electrons. The number of nitrogens with zero attached hydrogens (tertiary/aromatic N) is 2. The van der Waals surface area contributed by atoms with Crippen molar-refractivity contribution in [2.75, 3.05) is 18.1 Å². The van der Waals surface area contributed by atoms with Crippen LogP contribution in [-0.2, 0) is 10.2 Å². The van der Waals surface area contributed by atoms with Gasteiger partial charge in [0.15, 0.2) is 5.58 Å². The number of fused-ring (bicyclic) bond motifs is 6. The fourth-order valence-electron chi connectivity index (χ4n) is 7.28. The summed E-state index contributed by atoms with van der Waals surface area (Å²) in [5.41, 5.74) is 12.5. The Morgan fingerprint density at radius 1 is 0.630 bits per heavy atom. The Hall–Kier alpha value is -5.16. The third-order valence-corrected chi connectivity index (χ3v) is 9.76. The molecule has 1 unspecified atom stereocenters. The normalized spacial score (nSPS) is 16.5. The van der Waals surface area contributed by atoms with E-state index in [0.717, 1.165) is 62.9 Å². The summed E-state index contributed by atoms with van der Waals surface area (Å²) in [6.07, 6.45) is 0.926. The van der Waals surface area contributed by atoms with Crippen LogP contribution in [0.2, 0.25) is 5.02 Å². The molecule has 0 saturated carbocycles. The standard InChI is InChI=1S/C41H29ClN2O2/c42-36-25-32(24-35-39(36)33-13-4-5-14-34(33)41(35)21-22-45-26-41)44(30-19-17-28(18-20-30)27-9-2-1-3-10-27)31-12-8-11-29(23-31)40-43-37-15-6-7-16-38(37)46-40/h1-20,23-25H,21-22,26H2. The second-order valence-corrected chi connectivity index (χ2v) is 12.5. The summed E-state index contributed by atoms with van der Waals surface area (Å²) in [6, 6.07) is 48.5. The maximum Gasteiger partial charge on any atom is 0.227 e. The highest BCUT2D eigenvalue weighted by Gasteiger charge is 2.47. The number of oxazole rings is 1. The number of hydrogen-bond acceptors (Lipinski definition) is 4. The maximum atomic E-state index is 7.27. The van der Waals surface area contributed by atoms with Gasteiger partial charge < -0.3 is 14.1 Å². The summed E-state index contributed by atoms with van der Waals surface area (Å²) in [4.78, 5) is 7.06. The summed E-state index contributed by atoms with van der Waals surface area (Å²) >= 11 is 7.27. The molecule has 1 aliphatic carbocycles. The Kier molecular flexibility index (Phi) is 6.34. The quantitative estimate of drug-likeness (QED) is 0.193. The smallest absolute Gasteiger partial charge is 0.227 e. The van der Waals surface area contributed by atoms with Crippen molar-refractivity contribution in [3.63, 3.8) is 0 Å². The van der Waals surface area contributed by atoms with Crippen LogP contribution in [0.5, 0.6) is 0 Å². The van der Waals surface area contributed by atoms with Crippen LogP contribution in [0.4, 0.5) is 17.1 Å². The van der Waals surface area contributed by atoms with Crippen molar-refractivity contribution in [3.8, 4) is 33.7 Å². The Bertz CT molecular complexity index is 2200. The minimum absolute atomic E-state index is 0.214. The molecular weight excluding hydrogens is 588 g/mol. The van der Waals surface area contributed by atoms with Crippen LogP contribution in [0.25, 0.3) is 44.8 Å². The molecule has 5 heteroatoms. The molecule has 1 spiro atoms. The SMILES string of the molecule is Clc1cc(N(c2ccc(-c3ccccc3)cc2)c2cccc(-c3nc4ccccc4o3)c2)cc2c1-c1ccccc1C21CCOC1. The van der Waals surface area contributed by atoms with Gasteiger partial charge in [-0.25, -0.2) is 4.98 Å². The first-order valence-electron chi connectivity index (χ1n) is 15.6. The molecule has 1 saturated heterocycles. The molecule has 4 nitrogen and oxygen atoms in total. The molecule has 2 aliphatic rings. The van der Waals surface area contributed by atoms with Gasteiger partial charge in [-0.05, 0) is 88.8 Å². The zero-order valence-corrected chi connectivity index (χ0v) is 25.7. The fraction of sp³-hybridized carbons (Fsp3) is 0.0976. The summed E-state index contributed by atoms with van der Waals surface area (Å²) in [6.45, 7) is 1.38. The van der Waals surface area contributed by atoms with Gasteiger partial charge in [0.1, 0.15) is 5.52 Å². The number of rotatable bonds is 5. The van der Waals surface area contributed by atoms with Crippen LogP contribution in [0.3, 0.4) is 0 Å². The van der Waals surface area contributed by atoms with Crippen LogP contribution in [-0.4, -0.2) is 18.2 Å². The van der Waals surface area contributed by atoms with Crippen LogP contribution in [0, 0.1) is 0 Å². The van der Waals surface area contributed by atoms with Gasteiger partial charge in [-0.3, -0.25) is 0 Å². The number of anilines is 3. The van der Waals surface area contributed by atoms with Gasteiger partial charge in [0.2, 0.25) is 5.89 Å². The predicted octanol–water partition coefficient (Wildman–Crippen LogP) is 11.0. The van der Waals surface area contributed by atoms with E-state index in [1.165, 1.54) is 22.3 Å². The van der Waals surface area contributed by atoms with E-state index in [-0.39, 0.29) is 5.41 Å². The fourth-order valence-corrected chi connectivity index (χ4v) is 7.60. The molecule has 6 aromatic carbocycles. The van der Waals surface area contributed by atoms with E-state index >= 15 is 0 Å². The topological polar surface area (TPSA) is 38.5 Å². The van der Waals surface area contributed by atoms with E-state index < -0.39 is 0 Å². The van der Waals surface area contributed by atoms with Crippen LogP contribution >= 0.6 is 11.6 Å². The highest BCUT2D eigenvalue weighted by Crippen LogP contribution is 2.56. The minimum atomic E-state index is -0.214. The highest BCUT2D eigenvalue weighted by atomic mass is 35.5. The Labute approximate surface area is 272 Å². The van der Waals surface area contributed by atoms with E-state index in [4.69, 9.17) is 25.7 Å². The summed E-state index contributed by atoms with van der Waals surface area (Å²) in [5, 5.41) is 0.740. The average molecular weight is 617 g/mol. The minimum Gasteiger partial charge on any atom is -0.436 e. The first-order chi connectivity index (χ1) is 22.7. The van der Waals surface area contributed by atoms with Gasteiger partial charge in [0, 0.05) is 40.2 Å². The third kappa shape index (κ3) is 4.29. The average Bonchev–Trinajstić information content (AvgIpc) is 3.84. The molecule has 0 radical (unpaired) electrons. The summed E-state index contributed by atoms with van der Waals surface area (Å²) < 4.78 is 12.3. The van der Waals surface area contributed by atoms with Gasteiger partial charge in [-0.2, -0.15) is 0 Å². The zero-order valence-electron chi connectivity index (χ0n) is 25.0. The van der Waals surface area contributed by atoms with Crippen LogP contribution < -0.4 is 4.90 Å². The molecule has 0 bridgehead atoms. The van der Waals surface area contributed by atoms with E-state index in [9.17, 15) is 0 Å². The zero-order chi connectivity index (χ0) is 30.7. The van der Waals surface area contributed by atoms with Gasteiger partial charge in [0.05, 0.1) is 11.6 Å². The Balaban J connectivity index is 1.22. The van der Waals surface area contributed by atoms with E-state index in [1.807, 2.05) is 36.4 Å². The molecule has 1 aromatic heterocycles. The van der Waals surface area contributed by atoms with Crippen molar-refractivity contribution in [3.05, 3.63) is 156 Å². The molecule has 46 heavy (non-hydrogen) atoms. The van der Waals surface area contributed by atoms with Crippen molar-refractivity contribution < 1.29 is 9.15 Å². The van der Waals surface area contributed by atoms with E-state index in [0.29, 0.717) is 12.5 Å². The van der Waals surface area contributed by atoms with Crippen molar-refractivity contribution in [2.24, 2.45) is 0 Å². The number of halogens is 1. The van der Waals surface area contributed by atoms with Gasteiger partial charge in [-0.15, -0.1) is 0 Å².